The summed E-state index contributed by atoms with van der Waals surface area (Å²) >= 11 is 0. The van der Waals surface area contributed by atoms with Crippen LogP contribution in [0.25, 0.3) is 16.8 Å². The summed E-state index contributed by atoms with van der Waals surface area (Å²) in [6.07, 6.45) is 5.47. The van der Waals surface area contributed by atoms with Crippen molar-refractivity contribution in [3.63, 3.8) is 0 Å². The zero-order valence-corrected chi connectivity index (χ0v) is 14.9. The average molecular weight is 350 g/mol. The summed E-state index contributed by atoms with van der Waals surface area (Å²) in [5.74, 6) is 0.612. The van der Waals surface area contributed by atoms with Crippen LogP contribution in [-0.4, -0.2) is 46.7 Å². The van der Waals surface area contributed by atoms with Gasteiger partial charge in [-0.2, -0.15) is 5.10 Å². The average Bonchev–Trinajstić information content (AvgIpc) is 3.30. The predicted molar refractivity (Wildman–Crippen MR) is 99.2 cm³/mol. The lowest BCUT2D eigenvalue weighted by molar-refractivity contribution is -0.169. The zero-order chi connectivity index (χ0) is 17.6. The highest BCUT2D eigenvalue weighted by Gasteiger charge is 2.40. The number of anilines is 1. The van der Waals surface area contributed by atoms with Gasteiger partial charge in [0.2, 0.25) is 0 Å². The van der Waals surface area contributed by atoms with Crippen molar-refractivity contribution in [1.82, 2.24) is 14.6 Å². The summed E-state index contributed by atoms with van der Waals surface area (Å²) in [4.78, 5) is 6.97. The molecule has 0 aliphatic carbocycles. The first-order valence-corrected chi connectivity index (χ1v) is 9.17. The van der Waals surface area contributed by atoms with E-state index in [1.54, 1.807) is 0 Å². The van der Waals surface area contributed by atoms with Crippen molar-refractivity contribution in [2.45, 2.75) is 25.6 Å². The SMILES string of the molecule is Cc1ccccc1-c1cc2c(N3CCC4(CC3)OCCO4)nccn2n1. The molecule has 1 aromatic carbocycles. The van der Waals surface area contributed by atoms with Gasteiger partial charge in [-0.05, 0) is 18.6 Å². The number of piperidine rings is 1. The maximum Gasteiger partial charge on any atom is 0.171 e. The first-order valence-electron chi connectivity index (χ1n) is 9.17. The van der Waals surface area contributed by atoms with Crippen molar-refractivity contribution in [3.8, 4) is 11.3 Å². The lowest BCUT2D eigenvalue weighted by Gasteiger charge is -2.38. The summed E-state index contributed by atoms with van der Waals surface area (Å²) in [6.45, 7) is 5.27. The van der Waals surface area contributed by atoms with Crippen LogP contribution >= 0.6 is 0 Å². The summed E-state index contributed by atoms with van der Waals surface area (Å²) in [7, 11) is 0. The van der Waals surface area contributed by atoms with Gasteiger partial charge in [0.05, 0.1) is 18.9 Å². The maximum atomic E-state index is 5.84. The fourth-order valence-corrected chi connectivity index (χ4v) is 3.99. The van der Waals surface area contributed by atoms with E-state index in [4.69, 9.17) is 14.6 Å². The van der Waals surface area contributed by atoms with Gasteiger partial charge in [-0.1, -0.05) is 24.3 Å². The first kappa shape index (κ1) is 15.8. The van der Waals surface area contributed by atoms with Crippen LogP contribution in [0, 0.1) is 6.92 Å². The Morgan fingerprint density at radius 2 is 1.85 bits per heavy atom. The van der Waals surface area contributed by atoms with Gasteiger partial charge in [0.15, 0.2) is 11.6 Å². The number of fused-ring (bicyclic) bond motifs is 1. The van der Waals surface area contributed by atoms with E-state index in [1.165, 1.54) is 5.56 Å². The Balaban J connectivity index is 1.48. The van der Waals surface area contributed by atoms with Crippen LogP contribution in [0.1, 0.15) is 18.4 Å². The Morgan fingerprint density at radius 1 is 1.08 bits per heavy atom. The zero-order valence-electron chi connectivity index (χ0n) is 14.9. The Kier molecular flexibility index (Phi) is 3.69. The van der Waals surface area contributed by atoms with E-state index in [2.05, 4.69) is 47.1 Å². The molecule has 2 aliphatic rings. The molecule has 2 aromatic heterocycles. The lowest BCUT2D eigenvalue weighted by atomic mass is 10.0. The largest absolute Gasteiger partial charge is 0.354 e. The van der Waals surface area contributed by atoms with E-state index < -0.39 is 0 Å². The van der Waals surface area contributed by atoms with E-state index >= 15 is 0 Å². The van der Waals surface area contributed by atoms with Crippen LogP contribution < -0.4 is 4.90 Å². The molecular weight excluding hydrogens is 328 g/mol. The molecule has 2 fully saturated rings. The van der Waals surface area contributed by atoms with Gasteiger partial charge >= 0.3 is 0 Å². The second-order valence-electron chi connectivity index (χ2n) is 7.02. The maximum absolute atomic E-state index is 5.84. The van der Waals surface area contributed by atoms with Crippen molar-refractivity contribution < 1.29 is 9.47 Å². The van der Waals surface area contributed by atoms with E-state index in [9.17, 15) is 0 Å². The van der Waals surface area contributed by atoms with Crippen LogP contribution in [0.15, 0.2) is 42.7 Å². The molecule has 4 heterocycles. The minimum atomic E-state index is -0.367. The van der Waals surface area contributed by atoms with E-state index in [0.717, 1.165) is 48.5 Å². The third kappa shape index (κ3) is 2.57. The topological polar surface area (TPSA) is 51.9 Å². The molecule has 0 N–H and O–H groups in total. The Bertz CT molecular complexity index is 936. The van der Waals surface area contributed by atoms with Crippen LogP contribution in [0.3, 0.4) is 0 Å². The smallest absolute Gasteiger partial charge is 0.171 e. The monoisotopic (exact) mass is 350 g/mol. The van der Waals surface area contributed by atoms with Gasteiger partial charge in [-0.15, -0.1) is 0 Å². The minimum absolute atomic E-state index is 0.367. The van der Waals surface area contributed by atoms with Crippen LogP contribution in [0.5, 0.6) is 0 Å². The number of hydrogen-bond donors (Lipinski definition) is 0. The first-order chi connectivity index (χ1) is 12.7. The Hall–Kier alpha value is -2.44. The molecule has 1 spiro atoms. The van der Waals surface area contributed by atoms with Crippen molar-refractivity contribution in [2.24, 2.45) is 0 Å². The molecule has 0 atom stereocenters. The molecule has 26 heavy (non-hydrogen) atoms. The molecule has 0 bridgehead atoms. The second-order valence-corrected chi connectivity index (χ2v) is 7.02. The molecule has 2 saturated heterocycles. The highest BCUT2D eigenvalue weighted by Crippen LogP contribution is 2.34. The van der Waals surface area contributed by atoms with Gasteiger partial charge in [0.1, 0.15) is 5.52 Å². The van der Waals surface area contributed by atoms with E-state index in [1.807, 2.05) is 16.9 Å². The van der Waals surface area contributed by atoms with Crippen LogP contribution in [0.2, 0.25) is 0 Å². The molecular formula is C20H22N4O2. The molecule has 0 unspecified atom stereocenters. The van der Waals surface area contributed by atoms with Gasteiger partial charge < -0.3 is 14.4 Å². The summed E-state index contributed by atoms with van der Waals surface area (Å²) < 4.78 is 13.6. The third-order valence-corrected chi connectivity index (χ3v) is 5.43. The Labute approximate surface area is 152 Å². The summed E-state index contributed by atoms with van der Waals surface area (Å²) in [5, 5.41) is 4.77. The molecule has 0 radical (unpaired) electrons. The fraction of sp³-hybridized carbons (Fsp3) is 0.400. The molecule has 3 aromatic rings. The minimum Gasteiger partial charge on any atom is -0.354 e. The van der Waals surface area contributed by atoms with E-state index in [0.29, 0.717) is 13.2 Å². The quantitative estimate of drug-likeness (QED) is 0.711. The van der Waals surface area contributed by atoms with Gasteiger partial charge in [0.25, 0.3) is 0 Å². The number of ether oxygens (including phenoxy) is 2. The van der Waals surface area contributed by atoms with Crippen LogP contribution in [-0.2, 0) is 9.47 Å². The van der Waals surface area contributed by atoms with Crippen molar-refractivity contribution in [1.29, 1.82) is 0 Å². The molecule has 0 saturated carbocycles. The predicted octanol–water partition coefficient (Wildman–Crippen LogP) is 3.05. The van der Waals surface area contributed by atoms with Crippen molar-refractivity contribution in [3.05, 3.63) is 48.3 Å². The lowest BCUT2D eigenvalue weighted by Crippen LogP contribution is -2.45. The Morgan fingerprint density at radius 3 is 2.62 bits per heavy atom. The normalized spacial score (nSPS) is 19.5. The summed E-state index contributed by atoms with van der Waals surface area (Å²) in [5.41, 5.74) is 4.40. The third-order valence-electron chi connectivity index (χ3n) is 5.43. The summed E-state index contributed by atoms with van der Waals surface area (Å²) in [6, 6.07) is 10.5. The highest BCUT2D eigenvalue weighted by atomic mass is 16.7. The molecule has 5 rings (SSSR count). The number of hydrogen-bond acceptors (Lipinski definition) is 5. The molecule has 6 nitrogen and oxygen atoms in total. The molecule has 134 valence electrons. The number of benzene rings is 1. The van der Waals surface area contributed by atoms with Crippen molar-refractivity contribution >= 4 is 11.3 Å². The molecule has 6 heteroatoms. The second kappa shape index (κ2) is 6.07. The number of aromatic nitrogens is 3. The van der Waals surface area contributed by atoms with Crippen molar-refractivity contribution in [2.75, 3.05) is 31.2 Å². The fourth-order valence-electron chi connectivity index (χ4n) is 3.99. The number of rotatable bonds is 2. The van der Waals surface area contributed by atoms with Crippen LogP contribution in [0.4, 0.5) is 5.82 Å². The molecule has 0 amide bonds. The van der Waals surface area contributed by atoms with Gasteiger partial charge in [-0.25, -0.2) is 9.50 Å². The molecule has 2 aliphatic heterocycles. The standard InChI is InChI=1S/C20H22N4O2/c1-15-4-2-3-5-16(15)17-14-18-19(21-8-11-24(18)22-17)23-9-6-20(7-10-23)25-12-13-26-20/h2-5,8,11,14H,6-7,9-10,12-13H2,1H3. The van der Waals surface area contributed by atoms with Gasteiger partial charge in [-0.3, -0.25) is 0 Å². The number of nitrogens with zero attached hydrogens (tertiary/aromatic N) is 4. The number of aryl methyl sites for hydroxylation is 1. The highest BCUT2D eigenvalue weighted by molar-refractivity contribution is 5.76. The van der Waals surface area contributed by atoms with E-state index in [-0.39, 0.29) is 5.79 Å². The van der Waals surface area contributed by atoms with Gasteiger partial charge in [0, 0.05) is 43.9 Å².